The van der Waals surface area contributed by atoms with E-state index in [2.05, 4.69) is 9.97 Å². The van der Waals surface area contributed by atoms with Gasteiger partial charge in [0.25, 0.3) is 5.56 Å². The number of H-pyrrole nitrogens is 2. The Morgan fingerprint density at radius 2 is 2.00 bits per heavy atom. The number of aromatic amines is 2. The molecule has 0 radical (unpaired) electrons. The maximum Gasteiger partial charge on any atom is 0.325 e. The molecule has 0 atom stereocenters. The molecule has 20 heavy (non-hydrogen) atoms. The lowest BCUT2D eigenvalue weighted by Crippen LogP contribution is -2.38. The number of hydrogen-bond acceptors (Lipinski definition) is 3. The molecule has 2 aromatic rings. The second-order valence-electron chi connectivity index (χ2n) is 4.92. The van der Waals surface area contributed by atoms with Gasteiger partial charge in [-0.15, -0.1) is 0 Å². The van der Waals surface area contributed by atoms with Crippen LogP contribution in [0.4, 0.5) is 4.39 Å². The van der Waals surface area contributed by atoms with Crippen LogP contribution in [0.2, 0.25) is 0 Å². The van der Waals surface area contributed by atoms with Crippen molar-refractivity contribution < 1.29 is 4.39 Å². The van der Waals surface area contributed by atoms with Crippen molar-refractivity contribution in [2.75, 3.05) is 6.54 Å². The third kappa shape index (κ3) is 2.42. The lowest BCUT2D eigenvalue weighted by Gasteiger charge is -2.27. The van der Waals surface area contributed by atoms with Crippen LogP contribution < -0.4 is 11.2 Å². The Hall–Kier alpha value is -2.21. The van der Waals surface area contributed by atoms with E-state index in [1.54, 1.807) is 18.2 Å². The number of nitrogens with one attached hydrogen (secondary N) is 2. The van der Waals surface area contributed by atoms with Gasteiger partial charge in [-0.3, -0.25) is 14.7 Å². The predicted molar refractivity (Wildman–Crippen MR) is 71.9 cm³/mol. The summed E-state index contributed by atoms with van der Waals surface area (Å²) in [6, 6.07) is 6.61. The Morgan fingerprint density at radius 3 is 2.80 bits per heavy atom. The van der Waals surface area contributed by atoms with Gasteiger partial charge in [-0.1, -0.05) is 18.2 Å². The molecule has 1 aromatic carbocycles. The highest BCUT2D eigenvalue weighted by Crippen LogP contribution is 2.16. The summed E-state index contributed by atoms with van der Waals surface area (Å²) in [7, 11) is 0. The molecule has 1 aromatic heterocycles. The van der Waals surface area contributed by atoms with Crippen molar-refractivity contribution in [2.24, 2.45) is 0 Å². The quantitative estimate of drug-likeness (QED) is 0.850. The lowest BCUT2D eigenvalue weighted by molar-refractivity contribution is 0.238. The van der Waals surface area contributed by atoms with Gasteiger partial charge in [-0.05, 0) is 6.07 Å². The molecule has 0 aliphatic carbocycles. The number of hydrogen-bond donors (Lipinski definition) is 2. The number of benzene rings is 1. The normalized spacial score (nSPS) is 15.1. The fourth-order valence-corrected chi connectivity index (χ4v) is 2.52. The average Bonchev–Trinajstić information content (AvgIpc) is 2.42. The molecule has 2 N–H and O–H groups in total. The number of rotatable bonds is 2. The van der Waals surface area contributed by atoms with E-state index in [0.717, 1.165) is 0 Å². The van der Waals surface area contributed by atoms with E-state index in [0.29, 0.717) is 42.9 Å². The third-order valence-corrected chi connectivity index (χ3v) is 3.54. The molecule has 0 bridgehead atoms. The Kier molecular flexibility index (Phi) is 3.23. The minimum Gasteiger partial charge on any atom is -0.311 e. The van der Waals surface area contributed by atoms with Gasteiger partial charge >= 0.3 is 5.69 Å². The van der Waals surface area contributed by atoms with E-state index in [-0.39, 0.29) is 11.4 Å². The summed E-state index contributed by atoms with van der Waals surface area (Å²) in [6.07, 6.45) is 0.586. The molecule has 0 fully saturated rings. The molecule has 1 aliphatic heterocycles. The van der Waals surface area contributed by atoms with Gasteiger partial charge in [0.05, 0.1) is 5.56 Å². The Balaban J connectivity index is 1.84. The molecule has 6 heteroatoms. The topological polar surface area (TPSA) is 69.0 Å². The zero-order chi connectivity index (χ0) is 14.1. The number of halogens is 1. The van der Waals surface area contributed by atoms with Gasteiger partial charge in [0.2, 0.25) is 0 Å². The van der Waals surface area contributed by atoms with Gasteiger partial charge in [0.15, 0.2) is 0 Å². The summed E-state index contributed by atoms with van der Waals surface area (Å²) in [6.45, 7) is 1.54. The molecular weight excluding hydrogens is 261 g/mol. The molecule has 0 spiro atoms. The SMILES string of the molecule is O=c1[nH]c2c(c(=O)[nH]1)CN(Cc1ccccc1F)CC2. The molecular formula is C14H14FN3O2. The summed E-state index contributed by atoms with van der Waals surface area (Å²) in [4.78, 5) is 29.9. The highest BCUT2D eigenvalue weighted by molar-refractivity contribution is 5.21. The van der Waals surface area contributed by atoms with Gasteiger partial charge < -0.3 is 4.98 Å². The van der Waals surface area contributed by atoms with Crippen LogP contribution in [-0.2, 0) is 19.5 Å². The molecule has 0 unspecified atom stereocenters. The summed E-state index contributed by atoms with van der Waals surface area (Å²) < 4.78 is 13.6. The van der Waals surface area contributed by atoms with Crippen LogP contribution in [0.5, 0.6) is 0 Å². The van der Waals surface area contributed by atoms with Crippen molar-refractivity contribution in [1.29, 1.82) is 0 Å². The van der Waals surface area contributed by atoms with Gasteiger partial charge in [0.1, 0.15) is 5.82 Å². The second-order valence-corrected chi connectivity index (χ2v) is 4.92. The first-order valence-corrected chi connectivity index (χ1v) is 6.43. The minimum absolute atomic E-state index is 0.242. The third-order valence-electron chi connectivity index (χ3n) is 3.54. The molecule has 3 rings (SSSR count). The summed E-state index contributed by atoms with van der Waals surface area (Å²) in [5.74, 6) is -0.242. The lowest BCUT2D eigenvalue weighted by atomic mass is 10.1. The van der Waals surface area contributed by atoms with Crippen LogP contribution in [0.15, 0.2) is 33.9 Å². The summed E-state index contributed by atoms with van der Waals surface area (Å²) in [5, 5.41) is 0. The molecule has 0 saturated carbocycles. The molecule has 0 amide bonds. The molecule has 2 heterocycles. The zero-order valence-corrected chi connectivity index (χ0v) is 10.8. The van der Waals surface area contributed by atoms with Crippen LogP contribution >= 0.6 is 0 Å². The maximum absolute atomic E-state index is 13.6. The van der Waals surface area contributed by atoms with E-state index >= 15 is 0 Å². The molecule has 104 valence electrons. The smallest absolute Gasteiger partial charge is 0.311 e. The van der Waals surface area contributed by atoms with E-state index in [1.165, 1.54) is 6.07 Å². The van der Waals surface area contributed by atoms with Crippen LogP contribution in [0.25, 0.3) is 0 Å². The van der Waals surface area contributed by atoms with E-state index in [1.807, 2.05) is 4.90 Å². The standard InChI is InChI=1S/C14H14FN3O2/c15-11-4-2-1-3-9(11)7-18-6-5-12-10(8-18)13(19)17-14(20)16-12/h1-4H,5-8H2,(H2,16,17,19,20). The first-order valence-electron chi connectivity index (χ1n) is 6.43. The van der Waals surface area contributed by atoms with Crippen LogP contribution in [0, 0.1) is 5.82 Å². The monoisotopic (exact) mass is 275 g/mol. The van der Waals surface area contributed by atoms with Crippen molar-refractivity contribution in [3.63, 3.8) is 0 Å². The fourth-order valence-electron chi connectivity index (χ4n) is 2.52. The number of aromatic nitrogens is 2. The second kappa shape index (κ2) is 5.05. The van der Waals surface area contributed by atoms with Crippen LogP contribution in [-0.4, -0.2) is 21.4 Å². The molecule has 1 aliphatic rings. The first-order chi connectivity index (χ1) is 9.63. The highest BCUT2D eigenvalue weighted by atomic mass is 19.1. The maximum atomic E-state index is 13.6. The van der Waals surface area contributed by atoms with Gasteiger partial charge in [0, 0.05) is 37.3 Å². The van der Waals surface area contributed by atoms with Crippen molar-refractivity contribution in [2.45, 2.75) is 19.5 Å². The Labute approximate surface area is 114 Å². The highest BCUT2D eigenvalue weighted by Gasteiger charge is 2.20. The van der Waals surface area contributed by atoms with E-state index < -0.39 is 5.69 Å². The largest absolute Gasteiger partial charge is 0.325 e. The average molecular weight is 275 g/mol. The van der Waals surface area contributed by atoms with Crippen molar-refractivity contribution in [3.8, 4) is 0 Å². The van der Waals surface area contributed by atoms with E-state index in [9.17, 15) is 14.0 Å². The summed E-state index contributed by atoms with van der Waals surface area (Å²) in [5.41, 5.74) is 1.02. The fraction of sp³-hybridized carbons (Fsp3) is 0.286. The number of nitrogens with zero attached hydrogens (tertiary/aromatic N) is 1. The van der Waals surface area contributed by atoms with Gasteiger partial charge in [-0.25, -0.2) is 9.18 Å². The molecule has 0 saturated heterocycles. The Bertz CT molecular complexity index is 751. The van der Waals surface area contributed by atoms with Crippen molar-refractivity contribution in [3.05, 3.63) is 67.7 Å². The van der Waals surface area contributed by atoms with Crippen LogP contribution in [0.1, 0.15) is 16.8 Å². The van der Waals surface area contributed by atoms with Crippen LogP contribution in [0.3, 0.4) is 0 Å². The van der Waals surface area contributed by atoms with Gasteiger partial charge in [-0.2, -0.15) is 0 Å². The van der Waals surface area contributed by atoms with Crippen molar-refractivity contribution in [1.82, 2.24) is 14.9 Å². The minimum atomic E-state index is -0.476. The number of fused-ring (bicyclic) bond motifs is 1. The summed E-state index contributed by atoms with van der Waals surface area (Å²) >= 11 is 0. The molecule has 5 nitrogen and oxygen atoms in total. The predicted octanol–water partition coefficient (Wildman–Crippen LogP) is 0.761. The first kappa shape index (κ1) is 12.8. The van der Waals surface area contributed by atoms with E-state index in [4.69, 9.17) is 0 Å². The van der Waals surface area contributed by atoms with Crippen molar-refractivity contribution >= 4 is 0 Å². The zero-order valence-electron chi connectivity index (χ0n) is 10.8. The Morgan fingerprint density at radius 1 is 1.20 bits per heavy atom.